The number of Topliss-reactive ketones (excluding diaryl/α,β-unsaturated/α-hetero) is 1. The first-order valence-corrected chi connectivity index (χ1v) is 9.08. The molecule has 2 rings (SSSR count). The molecule has 133 valence electrons. The van der Waals surface area contributed by atoms with Gasteiger partial charge in [0.25, 0.3) is 0 Å². The van der Waals surface area contributed by atoms with E-state index >= 15 is 0 Å². The van der Waals surface area contributed by atoms with Crippen molar-refractivity contribution in [1.82, 2.24) is 0 Å². The second kappa shape index (κ2) is 9.70. The van der Waals surface area contributed by atoms with Gasteiger partial charge >= 0.3 is 11.9 Å². The molecule has 1 aromatic rings. The van der Waals surface area contributed by atoms with Crippen LogP contribution in [-0.4, -0.2) is 30.9 Å². The molecule has 0 spiro atoms. The maximum Gasteiger partial charge on any atom is 0.320 e. The van der Waals surface area contributed by atoms with Gasteiger partial charge in [0.05, 0.1) is 13.2 Å². The number of carbonyl (C=O) groups is 3. The van der Waals surface area contributed by atoms with Gasteiger partial charge in [0.2, 0.25) is 0 Å². The van der Waals surface area contributed by atoms with Crippen molar-refractivity contribution < 1.29 is 23.9 Å². The van der Waals surface area contributed by atoms with Crippen LogP contribution in [0.15, 0.2) is 17.5 Å². The number of thiophene rings is 1. The van der Waals surface area contributed by atoms with Gasteiger partial charge in [-0.2, -0.15) is 0 Å². The second-order valence-electron chi connectivity index (χ2n) is 5.40. The summed E-state index contributed by atoms with van der Waals surface area (Å²) in [4.78, 5) is 38.2. The summed E-state index contributed by atoms with van der Waals surface area (Å²) in [5.41, 5.74) is 0. The third kappa shape index (κ3) is 5.14. The lowest BCUT2D eigenvalue weighted by Gasteiger charge is -2.23. The lowest BCUT2D eigenvalue weighted by Crippen LogP contribution is -2.34. The molecule has 1 saturated carbocycles. The SMILES string of the molecule is CCOC(=O)C(C(=O)OCC)C(CC(=O)[C]1[CH][CH][CH][CH]1)c1cccs1. The molecule has 0 saturated heterocycles. The van der Waals surface area contributed by atoms with Crippen LogP contribution in [0.25, 0.3) is 0 Å². The van der Waals surface area contributed by atoms with Crippen LogP contribution in [0.1, 0.15) is 31.1 Å². The number of ether oxygens (including phenoxy) is 2. The summed E-state index contributed by atoms with van der Waals surface area (Å²) in [6.07, 6.45) is 7.03. The standard InChI is InChI=1S/C19H21O5S/c1-3-23-18(21)17(19(22)24-4-2)14(16-10-7-11-25-16)12-15(20)13-8-5-6-9-13/h5-11,14,17H,3-4,12H2,1-2H3. The predicted molar refractivity (Wildman–Crippen MR) is 93.9 cm³/mol. The molecule has 5 nitrogen and oxygen atoms in total. The van der Waals surface area contributed by atoms with E-state index < -0.39 is 23.8 Å². The zero-order valence-electron chi connectivity index (χ0n) is 14.3. The minimum atomic E-state index is -1.16. The van der Waals surface area contributed by atoms with Gasteiger partial charge in [0.15, 0.2) is 5.92 Å². The molecule has 6 heteroatoms. The van der Waals surface area contributed by atoms with Gasteiger partial charge in [0, 0.05) is 23.1 Å². The normalized spacial score (nSPS) is 16.0. The zero-order chi connectivity index (χ0) is 18.2. The molecule has 1 fully saturated rings. The van der Waals surface area contributed by atoms with Crippen molar-refractivity contribution in [2.45, 2.75) is 26.2 Å². The van der Waals surface area contributed by atoms with Gasteiger partial charge in [0.1, 0.15) is 5.78 Å². The van der Waals surface area contributed by atoms with Gasteiger partial charge in [-0.1, -0.05) is 6.07 Å². The van der Waals surface area contributed by atoms with E-state index in [4.69, 9.17) is 9.47 Å². The van der Waals surface area contributed by atoms with Crippen LogP contribution in [0.5, 0.6) is 0 Å². The summed E-state index contributed by atoms with van der Waals surface area (Å²) in [6, 6.07) is 3.65. The first-order chi connectivity index (χ1) is 12.1. The van der Waals surface area contributed by atoms with E-state index in [1.165, 1.54) is 11.3 Å². The first kappa shape index (κ1) is 19.6. The zero-order valence-corrected chi connectivity index (χ0v) is 15.1. The molecular formula is C19H21O5S. The van der Waals surface area contributed by atoms with E-state index in [0.717, 1.165) is 4.88 Å². The number of hydrogen-bond donors (Lipinski definition) is 0. The summed E-state index contributed by atoms with van der Waals surface area (Å²) in [6.45, 7) is 3.66. The van der Waals surface area contributed by atoms with Gasteiger partial charge in [-0.15, -0.1) is 11.3 Å². The van der Waals surface area contributed by atoms with Gasteiger partial charge in [-0.25, -0.2) is 0 Å². The number of hydrogen-bond acceptors (Lipinski definition) is 6. The fraction of sp³-hybridized carbons (Fsp3) is 0.368. The highest BCUT2D eigenvalue weighted by Gasteiger charge is 2.41. The fourth-order valence-electron chi connectivity index (χ4n) is 2.65. The van der Waals surface area contributed by atoms with Crippen LogP contribution < -0.4 is 0 Å². The Bertz CT molecular complexity index is 557. The average molecular weight is 361 g/mol. The average Bonchev–Trinajstić information content (AvgIpc) is 3.28. The van der Waals surface area contributed by atoms with E-state index in [1.54, 1.807) is 39.5 Å². The smallest absolute Gasteiger partial charge is 0.320 e. The summed E-state index contributed by atoms with van der Waals surface area (Å²) in [5, 5.41) is 1.85. The van der Waals surface area contributed by atoms with Crippen molar-refractivity contribution in [2.75, 3.05) is 13.2 Å². The van der Waals surface area contributed by atoms with Crippen LogP contribution in [-0.2, 0) is 23.9 Å². The minimum Gasteiger partial charge on any atom is -0.465 e. The molecule has 0 bridgehead atoms. The molecule has 1 unspecified atom stereocenters. The van der Waals surface area contributed by atoms with Gasteiger partial charge in [-0.05, 0) is 51.0 Å². The summed E-state index contributed by atoms with van der Waals surface area (Å²) in [7, 11) is 0. The quantitative estimate of drug-likeness (QED) is 0.500. The Balaban J connectivity index is 2.27. The molecule has 0 N–H and O–H groups in total. The second-order valence-corrected chi connectivity index (χ2v) is 6.38. The number of carbonyl (C=O) groups excluding carboxylic acids is 3. The van der Waals surface area contributed by atoms with E-state index in [9.17, 15) is 14.4 Å². The monoisotopic (exact) mass is 361 g/mol. The Kier molecular flexibility index (Phi) is 7.62. The van der Waals surface area contributed by atoms with Crippen LogP contribution in [0, 0.1) is 37.5 Å². The highest BCUT2D eigenvalue weighted by atomic mass is 32.1. The molecule has 1 aromatic heterocycles. The van der Waals surface area contributed by atoms with Crippen LogP contribution >= 0.6 is 11.3 Å². The first-order valence-electron chi connectivity index (χ1n) is 8.20. The molecular weight excluding hydrogens is 340 g/mol. The van der Waals surface area contributed by atoms with Crippen molar-refractivity contribution >= 4 is 29.1 Å². The topological polar surface area (TPSA) is 69.7 Å². The molecule has 0 aromatic carbocycles. The number of esters is 2. The molecule has 1 aliphatic rings. The third-order valence-corrected chi connectivity index (χ3v) is 4.79. The largest absolute Gasteiger partial charge is 0.465 e. The Morgan fingerprint density at radius 1 is 1.04 bits per heavy atom. The van der Waals surface area contributed by atoms with Crippen LogP contribution in [0.3, 0.4) is 0 Å². The van der Waals surface area contributed by atoms with Crippen molar-refractivity contribution in [3.63, 3.8) is 0 Å². The van der Waals surface area contributed by atoms with E-state index in [1.807, 2.05) is 17.5 Å². The van der Waals surface area contributed by atoms with Crippen molar-refractivity contribution in [2.24, 2.45) is 5.92 Å². The number of ketones is 1. The molecule has 5 radical (unpaired) electrons. The molecule has 0 aliphatic heterocycles. The van der Waals surface area contributed by atoms with E-state index in [-0.39, 0.29) is 25.4 Å². The highest BCUT2D eigenvalue weighted by Crippen LogP contribution is 2.36. The summed E-state index contributed by atoms with van der Waals surface area (Å²) >= 11 is 1.40. The Hall–Kier alpha value is -1.69. The molecule has 1 aliphatic carbocycles. The molecule has 1 heterocycles. The van der Waals surface area contributed by atoms with E-state index in [0.29, 0.717) is 5.92 Å². The minimum absolute atomic E-state index is 0.0345. The third-order valence-electron chi connectivity index (χ3n) is 3.78. The summed E-state index contributed by atoms with van der Waals surface area (Å²) in [5.74, 6) is -2.64. The van der Waals surface area contributed by atoms with Gasteiger partial charge in [-0.3, -0.25) is 14.4 Å². The maximum absolute atomic E-state index is 12.6. The maximum atomic E-state index is 12.6. The lowest BCUT2D eigenvalue weighted by molar-refractivity contribution is -0.162. The van der Waals surface area contributed by atoms with Crippen LogP contribution in [0.4, 0.5) is 0 Å². The van der Waals surface area contributed by atoms with Crippen molar-refractivity contribution in [1.29, 1.82) is 0 Å². The molecule has 25 heavy (non-hydrogen) atoms. The highest BCUT2D eigenvalue weighted by molar-refractivity contribution is 7.10. The molecule has 1 atom stereocenters. The lowest BCUT2D eigenvalue weighted by atomic mass is 9.83. The summed E-state index contributed by atoms with van der Waals surface area (Å²) < 4.78 is 10.2. The van der Waals surface area contributed by atoms with Crippen LogP contribution in [0.2, 0.25) is 0 Å². The fourth-order valence-corrected chi connectivity index (χ4v) is 3.52. The number of rotatable bonds is 9. The molecule has 0 amide bonds. The Labute approximate surface area is 152 Å². The predicted octanol–water partition coefficient (Wildman–Crippen LogP) is 2.94. The van der Waals surface area contributed by atoms with Crippen molar-refractivity contribution in [3.05, 3.63) is 54.0 Å². The Morgan fingerprint density at radius 2 is 1.64 bits per heavy atom. The van der Waals surface area contributed by atoms with E-state index in [2.05, 4.69) is 0 Å². The Morgan fingerprint density at radius 3 is 2.12 bits per heavy atom. The van der Waals surface area contributed by atoms with Gasteiger partial charge < -0.3 is 9.47 Å². The van der Waals surface area contributed by atoms with Crippen molar-refractivity contribution in [3.8, 4) is 0 Å².